The third kappa shape index (κ3) is 12.9. The number of phenols is 2. The average molecular weight is 776 g/mol. The number of fused-ring (bicyclic) bond motifs is 5. The molecule has 1 aliphatic heterocycles. The molecule has 4 rings (SSSR count). The molecule has 0 spiro atoms. The molecule has 4 bridgehead atoms. The molecule has 1 unspecified atom stereocenters. The summed E-state index contributed by atoms with van der Waals surface area (Å²) in [5.41, 5.74) is 0.804. The van der Waals surface area contributed by atoms with Gasteiger partial charge in [-0.1, -0.05) is 42.5 Å². The van der Waals surface area contributed by atoms with Gasteiger partial charge in [-0.15, -0.1) is 0 Å². The molecule has 302 valence electrons. The quantitative estimate of drug-likeness (QED) is 0.165. The molecule has 0 fully saturated rings. The molecule has 3 aromatic carbocycles. The number of alkyl carbamates (subject to hydrolysis) is 2. The molecular weight excluding hydrogens is 722 g/mol. The molecule has 0 aliphatic carbocycles. The molecule has 8 N–H and O–H groups in total. The monoisotopic (exact) mass is 775 g/mol. The van der Waals surface area contributed by atoms with Crippen molar-refractivity contribution in [2.75, 3.05) is 6.54 Å². The van der Waals surface area contributed by atoms with E-state index in [1.807, 2.05) is 30.3 Å². The van der Waals surface area contributed by atoms with Gasteiger partial charge in [0.2, 0.25) is 17.7 Å². The number of carbonyl (C=O) groups excluding carboxylic acids is 5. The van der Waals surface area contributed by atoms with E-state index in [-0.39, 0.29) is 36.4 Å². The molecule has 1 heterocycles. The number of benzene rings is 3. The molecule has 15 nitrogen and oxygen atoms in total. The summed E-state index contributed by atoms with van der Waals surface area (Å²) >= 11 is 0. The number of aliphatic hydroxyl groups excluding tert-OH is 1. The van der Waals surface area contributed by atoms with Gasteiger partial charge < -0.3 is 51.4 Å². The van der Waals surface area contributed by atoms with E-state index in [0.29, 0.717) is 16.7 Å². The Hall–Kier alpha value is -5.83. The summed E-state index contributed by atoms with van der Waals surface area (Å²) in [6, 6.07) is 13.9. The van der Waals surface area contributed by atoms with Crippen LogP contribution in [-0.4, -0.2) is 87.2 Å². The fourth-order valence-corrected chi connectivity index (χ4v) is 5.95. The largest absolute Gasteiger partial charge is 0.508 e. The fourth-order valence-electron chi connectivity index (χ4n) is 5.95. The zero-order chi connectivity index (χ0) is 41.4. The van der Waals surface area contributed by atoms with Crippen molar-refractivity contribution < 1.29 is 48.8 Å². The highest BCUT2D eigenvalue weighted by Crippen LogP contribution is 2.31. The molecular formula is C41H53N5O10. The Balaban J connectivity index is 1.77. The first-order valence-electron chi connectivity index (χ1n) is 18.4. The van der Waals surface area contributed by atoms with Crippen LogP contribution in [-0.2, 0) is 36.7 Å². The number of phenolic OH excluding ortho intramolecular Hbond substituents is 2. The second kappa shape index (κ2) is 18.2. The van der Waals surface area contributed by atoms with Crippen molar-refractivity contribution in [3.05, 3.63) is 83.4 Å². The first-order valence-corrected chi connectivity index (χ1v) is 18.4. The third-order valence-corrected chi connectivity index (χ3v) is 8.66. The summed E-state index contributed by atoms with van der Waals surface area (Å²) in [5.74, 6) is -2.68. The third-order valence-electron chi connectivity index (χ3n) is 8.66. The van der Waals surface area contributed by atoms with E-state index in [2.05, 4.69) is 26.6 Å². The predicted molar refractivity (Wildman–Crippen MR) is 207 cm³/mol. The van der Waals surface area contributed by atoms with Gasteiger partial charge in [0.15, 0.2) is 0 Å². The van der Waals surface area contributed by atoms with Gasteiger partial charge >= 0.3 is 12.2 Å². The second-order valence-electron chi connectivity index (χ2n) is 15.8. The minimum atomic E-state index is -1.53. The van der Waals surface area contributed by atoms with Crippen LogP contribution in [0.2, 0.25) is 0 Å². The van der Waals surface area contributed by atoms with E-state index in [0.717, 1.165) is 5.56 Å². The molecule has 0 radical (unpaired) electrons. The molecule has 1 aliphatic rings. The van der Waals surface area contributed by atoms with E-state index in [1.165, 1.54) is 12.1 Å². The second-order valence-corrected chi connectivity index (χ2v) is 15.8. The lowest BCUT2D eigenvalue weighted by Crippen LogP contribution is -2.58. The normalized spacial score (nSPS) is 18.8. The zero-order valence-electron chi connectivity index (χ0n) is 32.8. The van der Waals surface area contributed by atoms with Crippen LogP contribution in [0, 0.1) is 0 Å². The molecule has 0 saturated heterocycles. The van der Waals surface area contributed by atoms with Gasteiger partial charge in [-0.2, -0.15) is 0 Å². The number of nitrogens with one attached hydrogen (secondary N) is 5. The van der Waals surface area contributed by atoms with Crippen LogP contribution in [0.25, 0.3) is 11.1 Å². The first kappa shape index (κ1) is 42.9. The number of amides is 5. The van der Waals surface area contributed by atoms with Crippen LogP contribution in [0.1, 0.15) is 77.6 Å². The molecule has 0 saturated carbocycles. The fraction of sp³-hybridized carbons (Fsp3) is 0.439. The van der Waals surface area contributed by atoms with Crippen LogP contribution >= 0.6 is 0 Å². The Labute approximate surface area is 326 Å². The Morgan fingerprint density at radius 1 is 0.786 bits per heavy atom. The maximum Gasteiger partial charge on any atom is 0.408 e. The molecule has 5 atom stereocenters. The van der Waals surface area contributed by atoms with E-state index in [4.69, 9.17) is 9.47 Å². The van der Waals surface area contributed by atoms with Crippen molar-refractivity contribution in [2.45, 2.75) is 109 Å². The SMILES string of the molecule is CC(NC(=O)[C@@H]1Cc2cc(ccc2O)-c2ccc(O)c(c2)C[C@H](NC(=O)OC(C)(C)C)C(=O)N[C@@H](C[C@@H](O)CNC(=O)OC(C)(C)C)C(=O)N1)c1ccccc1. The van der Waals surface area contributed by atoms with Crippen molar-refractivity contribution in [3.63, 3.8) is 0 Å². The summed E-state index contributed by atoms with van der Waals surface area (Å²) in [6.07, 6.45) is -4.07. The van der Waals surface area contributed by atoms with Crippen molar-refractivity contribution in [1.82, 2.24) is 26.6 Å². The van der Waals surface area contributed by atoms with Crippen molar-refractivity contribution in [1.29, 1.82) is 0 Å². The zero-order valence-corrected chi connectivity index (χ0v) is 32.8. The van der Waals surface area contributed by atoms with Gasteiger partial charge in [0.05, 0.1) is 12.1 Å². The van der Waals surface area contributed by atoms with Gasteiger partial charge in [0.25, 0.3) is 0 Å². The maximum atomic E-state index is 14.2. The van der Waals surface area contributed by atoms with Crippen molar-refractivity contribution in [3.8, 4) is 22.6 Å². The lowest BCUT2D eigenvalue weighted by atomic mass is 9.95. The topological polar surface area (TPSA) is 225 Å². The number of rotatable bonds is 8. The Morgan fingerprint density at radius 3 is 1.91 bits per heavy atom. The number of hydrogen-bond acceptors (Lipinski definition) is 10. The van der Waals surface area contributed by atoms with Crippen LogP contribution in [0.15, 0.2) is 66.7 Å². The van der Waals surface area contributed by atoms with Crippen LogP contribution in [0.5, 0.6) is 11.5 Å². The Kier molecular flexibility index (Phi) is 13.9. The van der Waals surface area contributed by atoms with Crippen LogP contribution in [0.4, 0.5) is 9.59 Å². The van der Waals surface area contributed by atoms with Crippen LogP contribution in [0.3, 0.4) is 0 Å². The van der Waals surface area contributed by atoms with Crippen LogP contribution < -0.4 is 26.6 Å². The minimum Gasteiger partial charge on any atom is -0.508 e. The standard InChI is InChI=1S/C41H53N5O10/c1-23(24-11-9-8-10-12-24)43-35(50)30-19-27-17-25(13-15-33(27)48)26-14-16-34(49)28(18-26)20-31(46-39(54)56-41(5,6)7)36(51)45-32(37(52)44-30)21-29(47)22-42-38(53)55-40(2,3)4/h8-18,23,29-32,47-49H,19-22H2,1-7H3,(H,42,53)(H,43,50)(H,44,52)(H,45,51)(H,46,54)/t23?,29-,30+,31+,32+/m1/s1. The predicted octanol–water partition coefficient (Wildman–Crippen LogP) is 3.88. The number of aromatic hydroxyl groups is 2. The number of carbonyl (C=O) groups is 5. The summed E-state index contributed by atoms with van der Waals surface area (Å²) < 4.78 is 10.7. The molecule has 0 aromatic heterocycles. The summed E-state index contributed by atoms with van der Waals surface area (Å²) in [5, 5.41) is 46.1. The first-order chi connectivity index (χ1) is 26.2. The number of ether oxygens (including phenoxy) is 2. The van der Waals surface area contributed by atoms with Crippen molar-refractivity contribution in [2.24, 2.45) is 0 Å². The lowest BCUT2D eigenvalue weighted by Gasteiger charge is -2.28. The summed E-state index contributed by atoms with van der Waals surface area (Å²) in [6.45, 7) is 11.3. The number of aliphatic hydroxyl groups is 1. The highest BCUT2D eigenvalue weighted by Gasteiger charge is 2.34. The maximum absolute atomic E-state index is 14.2. The molecule has 15 heteroatoms. The summed E-state index contributed by atoms with van der Waals surface area (Å²) in [4.78, 5) is 67.7. The number of hydrogen-bond donors (Lipinski definition) is 8. The Morgan fingerprint density at radius 2 is 1.34 bits per heavy atom. The smallest absolute Gasteiger partial charge is 0.408 e. The van der Waals surface area contributed by atoms with E-state index >= 15 is 0 Å². The lowest BCUT2D eigenvalue weighted by molar-refractivity contribution is -0.133. The van der Waals surface area contributed by atoms with Gasteiger partial charge in [0, 0.05) is 25.8 Å². The minimum absolute atomic E-state index is 0.143. The molecule has 5 amide bonds. The average Bonchev–Trinajstić information content (AvgIpc) is 3.10. The highest BCUT2D eigenvalue weighted by atomic mass is 16.6. The molecule has 56 heavy (non-hydrogen) atoms. The van der Waals surface area contributed by atoms with E-state index < -0.39 is 77.8 Å². The van der Waals surface area contributed by atoms with Gasteiger partial charge in [0.1, 0.15) is 40.8 Å². The van der Waals surface area contributed by atoms with Gasteiger partial charge in [-0.25, -0.2) is 9.59 Å². The molecule has 3 aromatic rings. The van der Waals surface area contributed by atoms with E-state index in [9.17, 15) is 39.3 Å². The highest BCUT2D eigenvalue weighted by molar-refractivity contribution is 5.94. The van der Waals surface area contributed by atoms with Crippen molar-refractivity contribution >= 4 is 29.9 Å². The summed E-state index contributed by atoms with van der Waals surface area (Å²) in [7, 11) is 0. The van der Waals surface area contributed by atoms with Gasteiger partial charge in [-0.05, 0) is 101 Å². The Bertz CT molecular complexity index is 1890. The van der Waals surface area contributed by atoms with Gasteiger partial charge in [-0.3, -0.25) is 14.4 Å². The van der Waals surface area contributed by atoms with E-state index in [1.54, 1.807) is 72.7 Å².